The van der Waals surface area contributed by atoms with Crippen LogP contribution in [0.25, 0.3) is 0 Å². The van der Waals surface area contributed by atoms with E-state index in [1.54, 1.807) is 6.92 Å². The molecule has 0 spiro atoms. The number of ether oxygens (including phenoxy) is 3. The third-order valence-corrected chi connectivity index (χ3v) is 4.11. The molecule has 2 rings (SSSR count). The molecule has 0 bridgehead atoms. The molecule has 1 unspecified atom stereocenters. The zero-order valence-corrected chi connectivity index (χ0v) is 14.1. The highest BCUT2D eigenvalue weighted by Gasteiger charge is 2.16. The lowest BCUT2D eigenvalue weighted by molar-refractivity contribution is -0.139. The Kier molecular flexibility index (Phi) is 6.58. The molecule has 6 nitrogen and oxygen atoms in total. The third kappa shape index (κ3) is 5.35. The lowest BCUT2D eigenvalue weighted by Crippen LogP contribution is -2.28. The summed E-state index contributed by atoms with van der Waals surface area (Å²) in [6.45, 7) is 5.09. The van der Waals surface area contributed by atoms with Crippen molar-refractivity contribution in [2.24, 2.45) is 0 Å². The maximum absolute atomic E-state index is 11.9. The average Bonchev–Trinajstić information content (AvgIpc) is 2.54. The van der Waals surface area contributed by atoms with Gasteiger partial charge in [-0.25, -0.2) is 0 Å². The molecule has 1 heterocycles. The first-order valence-corrected chi connectivity index (χ1v) is 8.68. The van der Waals surface area contributed by atoms with Crippen LogP contribution in [-0.4, -0.2) is 43.2 Å². The standard InChI is InChI=1S/C16H21NO5S/c1-3-20-16(19)10-23-9-15(18)17-11(2)12-4-5-13-14(8-12)22-7-6-21-13/h4-5,8,11H,3,6-7,9-10H2,1-2H3,(H,17,18). The second-order valence-corrected chi connectivity index (χ2v) is 5.98. The van der Waals surface area contributed by atoms with E-state index in [2.05, 4.69) is 5.32 Å². The summed E-state index contributed by atoms with van der Waals surface area (Å²) in [6, 6.07) is 5.48. The molecule has 1 aliphatic rings. The Balaban J connectivity index is 1.80. The van der Waals surface area contributed by atoms with E-state index in [-0.39, 0.29) is 29.4 Å². The van der Waals surface area contributed by atoms with Crippen molar-refractivity contribution >= 4 is 23.6 Å². The van der Waals surface area contributed by atoms with Crippen molar-refractivity contribution in [2.75, 3.05) is 31.3 Å². The number of thioether (sulfide) groups is 1. The number of benzene rings is 1. The van der Waals surface area contributed by atoms with E-state index in [0.717, 1.165) is 11.3 Å². The number of rotatable bonds is 7. The number of hydrogen-bond donors (Lipinski definition) is 1. The van der Waals surface area contributed by atoms with Crippen molar-refractivity contribution in [1.29, 1.82) is 0 Å². The zero-order valence-electron chi connectivity index (χ0n) is 13.3. The maximum Gasteiger partial charge on any atom is 0.315 e. The summed E-state index contributed by atoms with van der Waals surface area (Å²) in [4.78, 5) is 23.1. The van der Waals surface area contributed by atoms with Crippen LogP contribution in [0.5, 0.6) is 11.5 Å². The highest BCUT2D eigenvalue weighted by atomic mass is 32.2. The summed E-state index contributed by atoms with van der Waals surface area (Å²) in [7, 11) is 0. The topological polar surface area (TPSA) is 73.9 Å². The van der Waals surface area contributed by atoms with E-state index in [1.165, 1.54) is 11.8 Å². The van der Waals surface area contributed by atoms with Crippen LogP contribution < -0.4 is 14.8 Å². The summed E-state index contributed by atoms with van der Waals surface area (Å²) in [5.74, 6) is 1.40. The van der Waals surface area contributed by atoms with Crippen LogP contribution in [0.15, 0.2) is 18.2 Å². The van der Waals surface area contributed by atoms with E-state index in [4.69, 9.17) is 14.2 Å². The molecule has 1 amide bonds. The van der Waals surface area contributed by atoms with Crippen LogP contribution in [0.2, 0.25) is 0 Å². The van der Waals surface area contributed by atoms with Crippen LogP contribution in [0.4, 0.5) is 0 Å². The van der Waals surface area contributed by atoms with E-state index in [1.807, 2.05) is 25.1 Å². The Bertz CT molecular complexity index is 563. The van der Waals surface area contributed by atoms with Gasteiger partial charge in [0.15, 0.2) is 11.5 Å². The number of carbonyl (C=O) groups is 2. The average molecular weight is 339 g/mol. The van der Waals surface area contributed by atoms with Gasteiger partial charge in [0.05, 0.1) is 24.2 Å². The summed E-state index contributed by atoms with van der Waals surface area (Å²) in [6.07, 6.45) is 0. The molecule has 126 valence electrons. The van der Waals surface area contributed by atoms with E-state index >= 15 is 0 Å². The number of fused-ring (bicyclic) bond motifs is 1. The zero-order chi connectivity index (χ0) is 16.7. The Morgan fingerprint density at radius 2 is 2.00 bits per heavy atom. The molecular weight excluding hydrogens is 318 g/mol. The molecular formula is C16H21NO5S. The normalized spacial score (nSPS) is 14.0. The molecule has 23 heavy (non-hydrogen) atoms. The van der Waals surface area contributed by atoms with Crippen molar-refractivity contribution in [3.8, 4) is 11.5 Å². The minimum atomic E-state index is -0.301. The van der Waals surface area contributed by atoms with Crippen molar-refractivity contribution in [1.82, 2.24) is 5.32 Å². The van der Waals surface area contributed by atoms with Gasteiger partial charge in [-0.15, -0.1) is 11.8 Å². The SMILES string of the molecule is CCOC(=O)CSCC(=O)NC(C)c1ccc2c(c1)OCCO2. The van der Waals surface area contributed by atoms with Crippen molar-refractivity contribution in [2.45, 2.75) is 19.9 Å². The van der Waals surface area contributed by atoms with Gasteiger partial charge in [0.2, 0.25) is 5.91 Å². The molecule has 7 heteroatoms. The highest BCUT2D eigenvalue weighted by Crippen LogP contribution is 2.32. The van der Waals surface area contributed by atoms with E-state index < -0.39 is 0 Å². The van der Waals surface area contributed by atoms with Crippen LogP contribution >= 0.6 is 11.8 Å². The van der Waals surface area contributed by atoms with Crippen molar-refractivity contribution in [3.05, 3.63) is 23.8 Å². The molecule has 0 saturated carbocycles. The summed E-state index contributed by atoms with van der Waals surface area (Å²) in [5, 5.41) is 2.90. The van der Waals surface area contributed by atoms with Crippen LogP contribution in [0.3, 0.4) is 0 Å². The second-order valence-electron chi connectivity index (χ2n) is 4.99. The fraction of sp³-hybridized carbons (Fsp3) is 0.500. The quantitative estimate of drug-likeness (QED) is 0.765. The first-order chi connectivity index (χ1) is 11.1. The Morgan fingerprint density at radius 1 is 1.26 bits per heavy atom. The minimum absolute atomic E-state index is 0.123. The van der Waals surface area contributed by atoms with Gasteiger partial charge in [-0.2, -0.15) is 0 Å². The maximum atomic E-state index is 11.9. The Hall–Kier alpha value is -1.89. The van der Waals surface area contributed by atoms with Gasteiger partial charge in [0.1, 0.15) is 13.2 Å². The largest absolute Gasteiger partial charge is 0.486 e. The first kappa shape index (κ1) is 17.5. The smallest absolute Gasteiger partial charge is 0.315 e. The Morgan fingerprint density at radius 3 is 2.74 bits per heavy atom. The van der Waals surface area contributed by atoms with E-state index in [0.29, 0.717) is 25.6 Å². The van der Waals surface area contributed by atoms with E-state index in [9.17, 15) is 9.59 Å². The monoisotopic (exact) mass is 339 g/mol. The summed E-state index contributed by atoms with van der Waals surface area (Å²) in [5.41, 5.74) is 0.943. The molecule has 1 aromatic rings. The molecule has 0 aromatic heterocycles. The van der Waals surface area contributed by atoms with Gasteiger partial charge < -0.3 is 19.5 Å². The number of hydrogen-bond acceptors (Lipinski definition) is 6. The molecule has 0 saturated heterocycles. The van der Waals surface area contributed by atoms with Crippen LogP contribution in [-0.2, 0) is 14.3 Å². The lowest BCUT2D eigenvalue weighted by Gasteiger charge is -2.21. The van der Waals surface area contributed by atoms with Gasteiger partial charge in [-0.05, 0) is 31.5 Å². The fourth-order valence-electron chi connectivity index (χ4n) is 2.13. The Labute approximate surface area is 139 Å². The van der Waals surface area contributed by atoms with Crippen LogP contribution in [0, 0.1) is 0 Å². The number of amides is 1. The van der Waals surface area contributed by atoms with Gasteiger partial charge in [0, 0.05) is 0 Å². The third-order valence-electron chi connectivity index (χ3n) is 3.20. The van der Waals surface area contributed by atoms with Crippen LogP contribution in [0.1, 0.15) is 25.5 Å². The minimum Gasteiger partial charge on any atom is -0.486 e. The summed E-state index contributed by atoms with van der Waals surface area (Å²) >= 11 is 1.24. The molecule has 0 aliphatic carbocycles. The molecule has 0 fully saturated rings. The second kappa shape index (κ2) is 8.67. The summed E-state index contributed by atoms with van der Waals surface area (Å²) < 4.78 is 15.8. The lowest BCUT2D eigenvalue weighted by atomic mass is 10.1. The molecule has 1 aromatic carbocycles. The predicted molar refractivity (Wildman–Crippen MR) is 87.9 cm³/mol. The fourth-order valence-corrected chi connectivity index (χ4v) is 2.75. The van der Waals surface area contributed by atoms with Gasteiger partial charge in [0.25, 0.3) is 0 Å². The highest BCUT2D eigenvalue weighted by molar-refractivity contribution is 8.00. The van der Waals surface area contributed by atoms with Gasteiger partial charge in [-0.1, -0.05) is 6.07 Å². The predicted octanol–water partition coefficient (Wildman–Crippen LogP) is 1.93. The molecule has 1 atom stereocenters. The first-order valence-electron chi connectivity index (χ1n) is 7.52. The van der Waals surface area contributed by atoms with Gasteiger partial charge >= 0.3 is 5.97 Å². The number of esters is 1. The number of nitrogens with one attached hydrogen (secondary N) is 1. The molecule has 1 aliphatic heterocycles. The number of carbonyl (C=O) groups excluding carboxylic acids is 2. The van der Waals surface area contributed by atoms with Gasteiger partial charge in [-0.3, -0.25) is 9.59 Å². The van der Waals surface area contributed by atoms with Crippen molar-refractivity contribution in [3.63, 3.8) is 0 Å². The molecule has 1 N–H and O–H groups in total. The molecule has 0 radical (unpaired) electrons. The van der Waals surface area contributed by atoms with Crippen molar-refractivity contribution < 1.29 is 23.8 Å².